The maximum atomic E-state index is 6.31. The molecule has 1 aromatic heterocycles. The average molecular weight is 266 g/mol. The van der Waals surface area contributed by atoms with Gasteiger partial charge in [-0.3, -0.25) is 4.98 Å². The molecule has 1 fully saturated rings. The number of hydrogen-bond donors (Lipinski definition) is 0. The van der Waals surface area contributed by atoms with Crippen molar-refractivity contribution in [3.8, 4) is 0 Å². The number of fused-ring (bicyclic) bond motifs is 1. The number of nitrogens with zero attached hydrogens (tertiary/aromatic N) is 1. The van der Waals surface area contributed by atoms with Crippen LogP contribution in [0.4, 0.5) is 0 Å². The van der Waals surface area contributed by atoms with E-state index in [1.807, 2.05) is 24.3 Å². The van der Waals surface area contributed by atoms with Crippen LogP contribution in [0.2, 0.25) is 10.0 Å². The molecule has 0 saturated heterocycles. The molecule has 2 aromatic rings. The van der Waals surface area contributed by atoms with Gasteiger partial charge in [-0.25, -0.2) is 0 Å². The lowest BCUT2D eigenvalue weighted by molar-refractivity contribution is 0.701. The lowest BCUT2D eigenvalue weighted by Crippen LogP contribution is -1.97. The van der Waals surface area contributed by atoms with E-state index in [0.717, 1.165) is 21.6 Å². The zero-order chi connectivity index (χ0) is 11.8. The maximum Gasteiger partial charge on any atom is 0.0721 e. The second-order valence-electron chi connectivity index (χ2n) is 4.67. The van der Waals surface area contributed by atoms with Gasteiger partial charge >= 0.3 is 0 Å². The highest BCUT2D eigenvalue weighted by Crippen LogP contribution is 2.36. The molecule has 0 atom stereocenters. The van der Waals surface area contributed by atoms with E-state index in [1.54, 1.807) is 0 Å². The smallest absolute Gasteiger partial charge is 0.0721 e. The first-order valence-corrected chi connectivity index (χ1v) is 6.75. The van der Waals surface area contributed by atoms with Gasteiger partial charge in [0.15, 0.2) is 0 Å². The van der Waals surface area contributed by atoms with Gasteiger partial charge in [-0.15, -0.1) is 0 Å². The van der Waals surface area contributed by atoms with E-state index < -0.39 is 0 Å². The van der Waals surface area contributed by atoms with Gasteiger partial charge < -0.3 is 0 Å². The molecule has 1 aliphatic carbocycles. The summed E-state index contributed by atoms with van der Waals surface area (Å²) in [6.07, 6.45) is 5.09. The van der Waals surface area contributed by atoms with Crippen LogP contribution >= 0.6 is 23.2 Å². The van der Waals surface area contributed by atoms with E-state index in [2.05, 4.69) is 0 Å². The minimum absolute atomic E-state index is 0.590. The van der Waals surface area contributed by atoms with Crippen LogP contribution in [-0.4, -0.2) is 4.98 Å². The summed E-state index contributed by atoms with van der Waals surface area (Å²) in [5.74, 6) is 0.590. The monoisotopic (exact) mass is 265 g/mol. The highest BCUT2D eigenvalue weighted by Gasteiger charge is 2.19. The topological polar surface area (TPSA) is 12.9 Å². The fourth-order valence-corrected chi connectivity index (χ4v) is 3.04. The summed E-state index contributed by atoms with van der Waals surface area (Å²) < 4.78 is 0. The number of aromatic nitrogens is 1. The molecule has 3 rings (SSSR count). The Morgan fingerprint density at radius 3 is 2.59 bits per heavy atom. The molecule has 88 valence electrons. The Kier molecular flexibility index (Phi) is 2.97. The molecule has 0 spiro atoms. The highest BCUT2D eigenvalue weighted by molar-refractivity contribution is 6.36. The van der Waals surface area contributed by atoms with Crippen LogP contribution in [0, 0.1) is 0 Å². The fourth-order valence-electron chi connectivity index (χ4n) is 2.61. The Labute approximate surface area is 111 Å². The van der Waals surface area contributed by atoms with Gasteiger partial charge in [0.25, 0.3) is 0 Å². The summed E-state index contributed by atoms with van der Waals surface area (Å²) in [6.45, 7) is 0. The van der Waals surface area contributed by atoms with E-state index in [0.29, 0.717) is 10.9 Å². The van der Waals surface area contributed by atoms with E-state index >= 15 is 0 Å². The first kappa shape index (κ1) is 11.3. The molecule has 17 heavy (non-hydrogen) atoms. The standard InChI is InChI=1S/C14H13Cl2N/c15-10-5-6-13-11(7-10)12(16)8-14(17-13)9-3-1-2-4-9/h5-9H,1-4H2. The van der Waals surface area contributed by atoms with E-state index in [4.69, 9.17) is 28.2 Å². The van der Waals surface area contributed by atoms with Crippen molar-refractivity contribution in [2.75, 3.05) is 0 Å². The molecule has 1 heterocycles. The Morgan fingerprint density at radius 2 is 1.82 bits per heavy atom. The first-order valence-electron chi connectivity index (χ1n) is 6.00. The van der Waals surface area contributed by atoms with Crippen molar-refractivity contribution in [1.29, 1.82) is 0 Å². The van der Waals surface area contributed by atoms with Gasteiger partial charge in [0.2, 0.25) is 0 Å². The Morgan fingerprint density at radius 1 is 1.06 bits per heavy atom. The van der Waals surface area contributed by atoms with Gasteiger partial charge in [0, 0.05) is 22.0 Å². The van der Waals surface area contributed by atoms with Crippen molar-refractivity contribution in [2.24, 2.45) is 0 Å². The zero-order valence-corrected chi connectivity index (χ0v) is 10.9. The van der Waals surface area contributed by atoms with Crippen LogP contribution in [0.15, 0.2) is 24.3 Å². The second-order valence-corrected chi connectivity index (χ2v) is 5.52. The van der Waals surface area contributed by atoms with Crippen LogP contribution in [0.5, 0.6) is 0 Å². The number of rotatable bonds is 1. The molecule has 0 unspecified atom stereocenters. The molecular formula is C14H13Cl2N. The second kappa shape index (κ2) is 4.47. The number of pyridine rings is 1. The van der Waals surface area contributed by atoms with Crippen LogP contribution in [0.25, 0.3) is 10.9 Å². The van der Waals surface area contributed by atoms with Crippen molar-refractivity contribution < 1.29 is 0 Å². The molecule has 0 aliphatic heterocycles. The minimum atomic E-state index is 0.590. The maximum absolute atomic E-state index is 6.31. The third-order valence-electron chi connectivity index (χ3n) is 3.51. The SMILES string of the molecule is Clc1ccc2nc(C3CCCC3)cc(Cl)c2c1. The molecular weight excluding hydrogens is 253 g/mol. The number of hydrogen-bond acceptors (Lipinski definition) is 1. The largest absolute Gasteiger partial charge is 0.252 e. The third kappa shape index (κ3) is 2.14. The van der Waals surface area contributed by atoms with Crippen LogP contribution in [0.3, 0.4) is 0 Å². The zero-order valence-electron chi connectivity index (χ0n) is 9.42. The minimum Gasteiger partial charge on any atom is -0.252 e. The van der Waals surface area contributed by atoms with Crippen molar-refractivity contribution >= 4 is 34.1 Å². The van der Waals surface area contributed by atoms with Crippen molar-refractivity contribution in [2.45, 2.75) is 31.6 Å². The summed E-state index contributed by atoms with van der Waals surface area (Å²) in [5.41, 5.74) is 2.09. The normalized spacial score (nSPS) is 16.8. The van der Waals surface area contributed by atoms with Gasteiger partial charge in [0.1, 0.15) is 0 Å². The van der Waals surface area contributed by atoms with Gasteiger partial charge in [-0.1, -0.05) is 36.0 Å². The van der Waals surface area contributed by atoms with Gasteiger partial charge in [0.05, 0.1) is 10.5 Å². The van der Waals surface area contributed by atoms with E-state index in [1.165, 1.54) is 25.7 Å². The summed E-state index contributed by atoms with van der Waals surface area (Å²) in [5, 5.41) is 2.41. The molecule has 0 bridgehead atoms. The van der Waals surface area contributed by atoms with E-state index in [-0.39, 0.29) is 0 Å². The molecule has 1 aliphatic rings. The molecule has 0 N–H and O–H groups in total. The third-order valence-corrected chi connectivity index (χ3v) is 4.06. The predicted molar refractivity (Wildman–Crippen MR) is 73.0 cm³/mol. The predicted octanol–water partition coefficient (Wildman–Crippen LogP) is 5.20. The average Bonchev–Trinajstić information content (AvgIpc) is 2.83. The molecule has 1 saturated carbocycles. The summed E-state index contributed by atoms with van der Waals surface area (Å²) in [6, 6.07) is 7.70. The van der Waals surface area contributed by atoms with Crippen molar-refractivity contribution in [3.05, 3.63) is 40.0 Å². The van der Waals surface area contributed by atoms with Crippen LogP contribution < -0.4 is 0 Å². The molecule has 1 aromatic carbocycles. The summed E-state index contributed by atoms with van der Waals surface area (Å²) in [7, 11) is 0. The summed E-state index contributed by atoms with van der Waals surface area (Å²) in [4.78, 5) is 4.72. The van der Waals surface area contributed by atoms with Crippen LogP contribution in [-0.2, 0) is 0 Å². The number of benzene rings is 1. The molecule has 1 nitrogen and oxygen atoms in total. The summed E-state index contributed by atoms with van der Waals surface area (Å²) >= 11 is 12.3. The Bertz CT molecular complexity index is 559. The molecule has 3 heteroatoms. The fraction of sp³-hybridized carbons (Fsp3) is 0.357. The van der Waals surface area contributed by atoms with Crippen molar-refractivity contribution in [3.63, 3.8) is 0 Å². The van der Waals surface area contributed by atoms with Gasteiger partial charge in [-0.05, 0) is 37.1 Å². The number of halogens is 2. The molecule has 0 radical (unpaired) electrons. The lowest BCUT2D eigenvalue weighted by atomic mass is 10.0. The quantitative estimate of drug-likeness (QED) is 0.691. The van der Waals surface area contributed by atoms with Gasteiger partial charge in [-0.2, -0.15) is 0 Å². The highest BCUT2D eigenvalue weighted by atomic mass is 35.5. The van der Waals surface area contributed by atoms with Crippen LogP contribution in [0.1, 0.15) is 37.3 Å². The first-order chi connectivity index (χ1) is 8.24. The Hall–Kier alpha value is -0.790. The lowest BCUT2D eigenvalue weighted by Gasteiger charge is -2.11. The van der Waals surface area contributed by atoms with Crippen molar-refractivity contribution in [1.82, 2.24) is 4.98 Å². The Balaban J connectivity index is 2.13. The molecule has 0 amide bonds. The van der Waals surface area contributed by atoms with E-state index in [9.17, 15) is 0 Å².